The molecule has 0 atom stereocenters. The van der Waals surface area contributed by atoms with Gasteiger partial charge in [-0.25, -0.2) is 0 Å². The normalized spacial score (nSPS) is 10.6. The smallest absolute Gasteiger partial charge is 0.315 e. The van der Waals surface area contributed by atoms with E-state index >= 15 is 0 Å². The van der Waals surface area contributed by atoms with Crippen LogP contribution >= 0.6 is 11.3 Å². The number of thiophene rings is 1. The third kappa shape index (κ3) is 2.59. The summed E-state index contributed by atoms with van der Waals surface area (Å²) in [5.41, 5.74) is 7.92. The van der Waals surface area contributed by atoms with E-state index in [0.29, 0.717) is 31.4 Å². The van der Waals surface area contributed by atoms with Gasteiger partial charge in [-0.2, -0.15) is 11.3 Å². The molecule has 0 spiro atoms. The number of nitrogens with one attached hydrogen (secondary N) is 1. The molecule has 0 fully saturated rings. The zero-order chi connectivity index (χ0) is 11.4. The topological polar surface area (TPSA) is 77.0 Å². The molecule has 2 heterocycles. The molecule has 2 rings (SSSR count). The highest BCUT2D eigenvalue weighted by atomic mass is 32.1. The van der Waals surface area contributed by atoms with Gasteiger partial charge < -0.3 is 15.5 Å². The molecule has 16 heavy (non-hydrogen) atoms. The van der Waals surface area contributed by atoms with Gasteiger partial charge in [0.2, 0.25) is 5.89 Å². The fourth-order valence-corrected chi connectivity index (χ4v) is 2.15. The van der Waals surface area contributed by atoms with Crippen LogP contribution in [-0.4, -0.2) is 16.7 Å². The van der Waals surface area contributed by atoms with Gasteiger partial charge in [-0.05, 0) is 28.8 Å². The molecule has 0 aliphatic heterocycles. The fraction of sp³-hybridized carbons (Fsp3) is 0.400. The summed E-state index contributed by atoms with van der Waals surface area (Å²) in [6.45, 7) is 3.31. The van der Waals surface area contributed by atoms with Gasteiger partial charge in [-0.15, -0.1) is 5.10 Å². The van der Waals surface area contributed by atoms with E-state index in [1.165, 1.54) is 11.1 Å². The van der Waals surface area contributed by atoms with Gasteiger partial charge in [0.05, 0.1) is 0 Å². The Morgan fingerprint density at radius 1 is 1.44 bits per heavy atom. The van der Waals surface area contributed by atoms with E-state index in [2.05, 4.69) is 33.2 Å². The van der Waals surface area contributed by atoms with Crippen molar-refractivity contribution in [3.05, 3.63) is 27.8 Å². The Kier molecular flexibility index (Phi) is 3.53. The standard InChI is InChI=1S/C10H14N4OS/c1-7-5-16-6-8(7)4-12-10-14-13-9(15-10)2-3-11/h5-6H,2-4,11H2,1H3,(H,12,14). The number of aromatic nitrogens is 2. The van der Waals surface area contributed by atoms with Crippen LogP contribution in [0.5, 0.6) is 0 Å². The summed E-state index contributed by atoms with van der Waals surface area (Å²) in [4.78, 5) is 0. The van der Waals surface area contributed by atoms with Crippen LogP contribution in [0.15, 0.2) is 15.2 Å². The van der Waals surface area contributed by atoms with Crippen molar-refractivity contribution in [3.8, 4) is 0 Å². The molecule has 3 N–H and O–H groups in total. The second-order valence-corrected chi connectivity index (χ2v) is 4.22. The maximum absolute atomic E-state index is 5.39. The predicted molar refractivity (Wildman–Crippen MR) is 63.4 cm³/mol. The van der Waals surface area contributed by atoms with Gasteiger partial charge in [0, 0.05) is 19.5 Å². The molecule has 6 heteroatoms. The maximum Gasteiger partial charge on any atom is 0.315 e. The highest BCUT2D eigenvalue weighted by molar-refractivity contribution is 7.08. The average Bonchev–Trinajstić information content (AvgIpc) is 2.86. The minimum atomic E-state index is 0.453. The van der Waals surface area contributed by atoms with E-state index in [1.807, 2.05) is 0 Å². The van der Waals surface area contributed by atoms with Crippen LogP contribution in [0.2, 0.25) is 0 Å². The van der Waals surface area contributed by atoms with Gasteiger partial charge in [0.1, 0.15) is 0 Å². The van der Waals surface area contributed by atoms with E-state index in [-0.39, 0.29) is 0 Å². The van der Waals surface area contributed by atoms with Crippen molar-refractivity contribution in [2.45, 2.75) is 19.9 Å². The predicted octanol–water partition coefficient (Wildman–Crippen LogP) is 1.55. The van der Waals surface area contributed by atoms with Crippen molar-refractivity contribution in [1.82, 2.24) is 10.2 Å². The minimum Gasteiger partial charge on any atom is -0.408 e. The third-order valence-electron chi connectivity index (χ3n) is 2.22. The molecule has 2 aromatic rings. The summed E-state index contributed by atoms with van der Waals surface area (Å²) >= 11 is 1.69. The Morgan fingerprint density at radius 3 is 3.00 bits per heavy atom. The molecule has 0 aliphatic rings. The molecular weight excluding hydrogens is 224 g/mol. The Labute approximate surface area is 97.7 Å². The van der Waals surface area contributed by atoms with E-state index in [1.54, 1.807) is 11.3 Å². The molecule has 0 amide bonds. The lowest BCUT2D eigenvalue weighted by molar-refractivity contribution is 0.505. The Bertz CT molecular complexity index is 451. The summed E-state index contributed by atoms with van der Waals surface area (Å²) in [5.74, 6) is 0.576. The lowest BCUT2D eigenvalue weighted by Gasteiger charge is -1.99. The van der Waals surface area contributed by atoms with Crippen molar-refractivity contribution in [3.63, 3.8) is 0 Å². The van der Waals surface area contributed by atoms with Crippen LogP contribution in [0.25, 0.3) is 0 Å². The minimum absolute atomic E-state index is 0.453. The van der Waals surface area contributed by atoms with Gasteiger partial charge in [-0.3, -0.25) is 0 Å². The number of hydrogen-bond donors (Lipinski definition) is 2. The zero-order valence-electron chi connectivity index (χ0n) is 9.06. The van der Waals surface area contributed by atoms with E-state index in [9.17, 15) is 0 Å². The summed E-state index contributed by atoms with van der Waals surface area (Å²) < 4.78 is 5.35. The molecule has 0 unspecified atom stereocenters. The quantitative estimate of drug-likeness (QED) is 0.826. The molecule has 0 saturated heterocycles. The van der Waals surface area contributed by atoms with Crippen molar-refractivity contribution >= 4 is 17.4 Å². The largest absolute Gasteiger partial charge is 0.408 e. The third-order valence-corrected chi connectivity index (χ3v) is 3.13. The van der Waals surface area contributed by atoms with Crippen molar-refractivity contribution in [2.75, 3.05) is 11.9 Å². The van der Waals surface area contributed by atoms with Gasteiger partial charge in [-0.1, -0.05) is 5.10 Å². The number of aryl methyl sites for hydroxylation is 1. The number of hydrogen-bond acceptors (Lipinski definition) is 6. The molecule has 0 radical (unpaired) electrons. The summed E-state index contributed by atoms with van der Waals surface area (Å²) in [6.07, 6.45) is 0.617. The monoisotopic (exact) mass is 238 g/mol. The Hall–Kier alpha value is -1.40. The second-order valence-electron chi connectivity index (χ2n) is 3.47. The Balaban J connectivity index is 1.92. The molecule has 0 aromatic carbocycles. The second kappa shape index (κ2) is 5.09. The molecule has 5 nitrogen and oxygen atoms in total. The summed E-state index contributed by atoms with van der Waals surface area (Å²) in [7, 11) is 0. The number of rotatable bonds is 5. The maximum atomic E-state index is 5.39. The molecule has 86 valence electrons. The highest BCUT2D eigenvalue weighted by Gasteiger charge is 2.05. The molecule has 0 saturated carbocycles. The first-order valence-electron chi connectivity index (χ1n) is 5.07. The molecular formula is C10H14N4OS. The van der Waals surface area contributed by atoms with E-state index in [4.69, 9.17) is 10.2 Å². The number of anilines is 1. The first-order valence-corrected chi connectivity index (χ1v) is 6.02. The zero-order valence-corrected chi connectivity index (χ0v) is 9.88. The summed E-state index contributed by atoms with van der Waals surface area (Å²) in [5, 5.41) is 15.1. The SMILES string of the molecule is Cc1cscc1CNc1nnc(CCN)o1. The van der Waals surface area contributed by atoms with Gasteiger partial charge >= 0.3 is 6.01 Å². The number of nitrogens with zero attached hydrogens (tertiary/aromatic N) is 2. The lowest BCUT2D eigenvalue weighted by Crippen LogP contribution is -2.02. The number of nitrogens with two attached hydrogens (primary N) is 1. The highest BCUT2D eigenvalue weighted by Crippen LogP contribution is 2.15. The van der Waals surface area contributed by atoms with Crippen LogP contribution in [-0.2, 0) is 13.0 Å². The molecule has 0 bridgehead atoms. The molecule has 2 aromatic heterocycles. The van der Waals surface area contributed by atoms with Crippen molar-refractivity contribution in [2.24, 2.45) is 5.73 Å². The average molecular weight is 238 g/mol. The first-order chi connectivity index (χ1) is 7.79. The molecule has 0 aliphatic carbocycles. The van der Waals surface area contributed by atoms with Crippen LogP contribution in [0, 0.1) is 6.92 Å². The lowest BCUT2D eigenvalue weighted by atomic mass is 10.2. The van der Waals surface area contributed by atoms with E-state index in [0.717, 1.165) is 0 Å². The Morgan fingerprint density at radius 2 is 2.31 bits per heavy atom. The fourth-order valence-electron chi connectivity index (χ4n) is 1.29. The van der Waals surface area contributed by atoms with Crippen LogP contribution < -0.4 is 11.1 Å². The van der Waals surface area contributed by atoms with Crippen molar-refractivity contribution in [1.29, 1.82) is 0 Å². The van der Waals surface area contributed by atoms with Gasteiger partial charge in [0.15, 0.2) is 0 Å². The van der Waals surface area contributed by atoms with Crippen LogP contribution in [0.3, 0.4) is 0 Å². The van der Waals surface area contributed by atoms with Gasteiger partial charge in [0.25, 0.3) is 0 Å². The van der Waals surface area contributed by atoms with E-state index < -0.39 is 0 Å². The van der Waals surface area contributed by atoms with Crippen LogP contribution in [0.4, 0.5) is 6.01 Å². The first kappa shape index (κ1) is 11.1. The summed E-state index contributed by atoms with van der Waals surface area (Å²) in [6, 6.07) is 0.453. The van der Waals surface area contributed by atoms with Crippen LogP contribution in [0.1, 0.15) is 17.0 Å². The van der Waals surface area contributed by atoms with Crippen molar-refractivity contribution < 1.29 is 4.42 Å².